The van der Waals surface area contributed by atoms with Crippen LogP contribution in [0.2, 0.25) is 0 Å². The third-order valence-corrected chi connectivity index (χ3v) is 3.06. The molecule has 0 bridgehead atoms. The average molecular weight is 251 g/mol. The van der Waals surface area contributed by atoms with Crippen LogP contribution in [0.5, 0.6) is 0 Å². The van der Waals surface area contributed by atoms with E-state index in [0.29, 0.717) is 0 Å². The lowest BCUT2D eigenvalue weighted by molar-refractivity contribution is -0.152. The zero-order valence-electron chi connectivity index (χ0n) is 9.86. The quantitative estimate of drug-likeness (QED) is 0.529. The van der Waals surface area contributed by atoms with Gasteiger partial charge in [0.2, 0.25) is 0 Å². The van der Waals surface area contributed by atoms with Gasteiger partial charge in [-0.05, 0) is 5.41 Å². The molecule has 6 nitrogen and oxygen atoms in total. The number of amides is 1. The van der Waals surface area contributed by atoms with E-state index in [-0.39, 0.29) is 12.3 Å². The Kier molecular flexibility index (Phi) is 4.92. The highest BCUT2D eigenvalue weighted by Crippen LogP contribution is 2.15. The number of sulfone groups is 1. The molecular formula is C9H17NO5S. The summed E-state index contributed by atoms with van der Waals surface area (Å²) in [5.74, 6) is -1.93. The highest BCUT2D eigenvalue weighted by Gasteiger charge is 2.25. The van der Waals surface area contributed by atoms with Crippen LogP contribution in [0, 0.1) is 5.41 Å². The van der Waals surface area contributed by atoms with E-state index in [1.54, 1.807) is 13.8 Å². The second kappa shape index (κ2) is 5.29. The number of nitrogens with one attached hydrogen (secondary N) is 1. The molecule has 0 fully saturated rings. The molecule has 0 aromatic carbocycles. The van der Waals surface area contributed by atoms with Crippen molar-refractivity contribution in [1.82, 2.24) is 5.32 Å². The Hall–Kier alpha value is -1.11. The minimum atomic E-state index is -3.12. The summed E-state index contributed by atoms with van der Waals surface area (Å²) in [5, 5.41) is 2.32. The Labute approximate surface area is 95.3 Å². The molecule has 0 unspecified atom stereocenters. The summed E-state index contributed by atoms with van der Waals surface area (Å²) >= 11 is 0. The minimum absolute atomic E-state index is 0.0680. The number of hydrogen-bond donors (Lipinski definition) is 1. The molecule has 7 heteroatoms. The molecule has 16 heavy (non-hydrogen) atoms. The number of ether oxygens (including phenoxy) is 1. The number of hydrogen-bond acceptors (Lipinski definition) is 5. The molecule has 0 atom stereocenters. The molecule has 94 valence electrons. The lowest BCUT2D eigenvalue weighted by Gasteiger charge is -2.23. The van der Waals surface area contributed by atoms with Crippen LogP contribution in [-0.2, 0) is 24.2 Å². The van der Waals surface area contributed by atoms with E-state index >= 15 is 0 Å². The van der Waals surface area contributed by atoms with E-state index in [0.717, 1.165) is 13.4 Å². The Balaban J connectivity index is 4.30. The van der Waals surface area contributed by atoms with Crippen molar-refractivity contribution in [1.29, 1.82) is 0 Å². The summed E-state index contributed by atoms with van der Waals surface area (Å²) in [5.41, 5.74) is -0.628. The van der Waals surface area contributed by atoms with E-state index in [1.807, 2.05) is 0 Å². The second-order valence-electron chi connectivity index (χ2n) is 4.41. The predicted molar refractivity (Wildman–Crippen MR) is 58.5 cm³/mol. The SMILES string of the molecule is COC(=O)C(=O)NCC(C)(C)CS(C)(=O)=O. The minimum Gasteiger partial charge on any atom is -0.462 e. The Morgan fingerprint density at radius 3 is 2.19 bits per heavy atom. The molecule has 0 spiro atoms. The molecule has 1 N–H and O–H groups in total. The first kappa shape index (κ1) is 14.9. The van der Waals surface area contributed by atoms with Crippen LogP contribution in [0.1, 0.15) is 13.8 Å². The third-order valence-electron chi connectivity index (χ3n) is 1.75. The van der Waals surface area contributed by atoms with Crippen molar-refractivity contribution < 1.29 is 22.7 Å². The standard InChI is InChI=1S/C9H17NO5S/c1-9(2,6-16(4,13)14)5-10-7(11)8(12)15-3/h5-6H2,1-4H3,(H,10,11). The van der Waals surface area contributed by atoms with Crippen molar-refractivity contribution in [2.45, 2.75) is 13.8 Å². The maximum absolute atomic E-state index is 11.1. The number of rotatable bonds is 4. The lowest BCUT2D eigenvalue weighted by Crippen LogP contribution is -2.41. The summed E-state index contributed by atoms with van der Waals surface area (Å²) in [6.07, 6.45) is 1.12. The first-order valence-electron chi connectivity index (χ1n) is 4.61. The normalized spacial score (nSPS) is 12.0. The zero-order chi connectivity index (χ0) is 13.0. The maximum atomic E-state index is 11.1. The van der Waals surface area contributed by atoms with Crippen molar-refractivity contribution >= 4 is 21.7 Å². The molecule has 0 aromatic heterocycles. The maximum Gasteiger partial charge on any atom is 0.396 e. The lowest BCUT2D eigenvalue weighted by atomic mass is 9.96. The van der Waals surface area contributed by atoms with Crippen molar-refractivity contribution in [3.05, 3.63) is 0 Å². The smallest absolute Gasteiger partial charge is 0.396 e. The van der Waals surface area contributed by atoms with E-state index in [9.17, 15) is 18.0 Å². The van der Waals surface area contributed by atoms with Gasteiger partial charge >= 0.3 is 11.9 Å². The second-order valence-corrected chi connectivity index (χ2v) is 6.55. The van der Waals surface area contributed by atoms with Gasteiger partial charge in [0.1, 0.15) is 9.84 Å². The van der Waals surface area contributed by atoms with Gasteiger partial charge < -0.3 is 10.1 Å². The average Bonchev–Trinajstić information content (AvgIpc) is 2.09. The molecule has 0 aliphatic rings. The van der Waals surface area contributed by atoms with E-state index in [4.69, 9.17) is 0 Å². The molecule has 0 aliphatic heterocycles. The van der Waals surface area contributed by atoms with Crippen LogP contribution in [0.4, 0.5) is 0 Å². The number of carbonyl (C=O) groups is 2. The first-order valence-corrected chi connectivity index (χ1v) is 6.67. The largest absolute Gasteiger partial charge is 0.462 e. The van der Waals surface area contributed by atoms with E-state index in [2.05, 4.69) is 10.1 Å². The van der Waals surface area contributed by atoms with Crippen LogP contribution in [0.3, 0.4) is 0 Å². The highest BCUT2D eigenvalue weighted by molar-refractivity contribution is 7.90. The topological polar surface area (TPSA) is 89.5 Å². The number of esters is 1. The van der Waals surface area contributed by atoms with Gasteiger partial charge in [-0.2, -0.15) is 0 Å². The van der Waals surface area contributed by atoms with Crippen molar-refractivity contribution in [2.75, 3.05) is 25.7 Å². The fraction of sp³-hybridized carbons (Fsp3) is 0.778. The van der Waals surface area contributed by atoms with Gasteiger partial charge in [0.15, 0.2) is 0 Å². The van der Waals surface area contributed by atoms with Crippen molar-refractivity contribution in [3.8, 4) is 0 Å². The summed E-state index contributed by atoms with van der Waals surface area (Å²) < 4.78 is 26.4. The highest BCUT2D eigenvalue weighted by atomic mass is 32.2. The van der Waals surface area contributed by atoms with Gasteiger partial charge in [0, 0.05) is 12.8 Å². The molecule has 0 aliphatic carbocycles. The zero-order valence-corrected chi connectivity index (χ0v) is 10.7. The number of carbonyl (C=O) groups excluding carboxylic acids is 2. The fourth-order valence-corrected chi connectivity index (χ4v) is 2.77. The molecule has 0 radical (unpaired) electrons. The predicted octanol–water partition coefficient (Wildman–Crippen LogP) is -0.654. The Bertz CT molecular complexity index is 371. The van der Waals surface area contributed by atoms with Gasteiger partial charge in [-0.25, -0.2) is 13.2 Å². The molecule has 0 saturated carbocycles. The molecular weight excluding hydrogens is 234 g/mol. The summed E-state index contributed by atoms with van der Waals surface area (Å²) in [6.45, 7) is 3.46. The van der Waals surface area contributed by atoms with Crippen LogP contribution in [-0.4, -0.2) is 46.0 Å². The third kappa shape index (κ3) is 6.39. The Morgan fingerprint density at radius 2 is 1.81 bits per heavy atom. The summed E-state index contributed by atoms with van der Waals surface area (Å²) in [7, 11) is -2.02. The molecule has 0 saturated heterocycles. The molecule has 0 aromatic rings. The van der Waals surface area contributed by atoms with Gasteiger partial charge in [-0.3, -0.25) is 4.79 Å². The fourth-order valence-electron chi connectivity index (χ4n) is 1.25. The van der Waals surface area contributed by atoms with Gasteiger partial charge in [0.05, 0.1) is 12.9 Å². The van der Waals surface area contributed by atoms with Crippen LogP contribution < -0.4 is 5.32 Å². The molecule has 0 rings (SSSR count). The van der Waals surface area contributed by atoms with Gasteiger partial charge in [-0.15, -0.1) is 0 Å². The molecule has 0 heterocycles. The van der Waals surface area contributed by atoms with Crippen LogP contribution in [0.15, 0.2) is 0 Å². The first-order chi connectivity index (χ1) is 7.07. The Morgan fingerprint density at radius 1 is 1.31 bits per heavy atom. The summed E-state index contributed by atoms with van der Waals surface area (Å²) in [4.78, 5) is 21.8. The van der Waals surface area contributed by atoms with Gasteiger partial charge in [-0.1, -0.05) is 13.8 Å². The monoisotopic (exact) mass is 251 g/mol. The van der Waals surface area contributed by atoms with Crippen LogP contribution >= 0.6 is 0 Å². The number of methoxy groups -OCH3 is 1. The van der Waals surface area contributed by atoms with Gasteiger partial charge in [0.25, 0.3) is 0 Å². The van der Waals surface area contributed by atoms with E-state index < -0.39 is 27.1 Å². The van der Waals surface area contributed by atoms with Crippen LogP contribution in [0.25, 0.3) is 0 Å². The van der Waals surface area contributed by atoms with Crippen molar-refractivity contribution in [3.63, 3.8) is 0 Å². The van der Waals surface area contributed by atoms with E-state index in [1.165, 1.54) is 0 Å². The molecule has 1 amide bonds. The summed E-state index contributed by atoms with van der Waals surface area (Å²) in [6, 6.07) is 0. The van der Waals surface area contributed by atoms with Crippen molar-refractivity contribution in [2.24, 2.45) is 5.41 Å².